The first-order chi connectivity index (χ1) is 9.39. The summed E-state index contributed by atoms with van der Waals surface area (Å²) in [4.78, 5) is 0. The van der Waals surface area contributed by atoms with Gasteiger partial charge in [0.05, 0.1) is 11.1 Å². The molecule has 0 saturated heterocycles. The molecule has 1 rings (SSSR count). The summed E-state index contributed by atoms with van der Waals surface area (Å²) in [6.45, 7) is 3.14. The first-order valence-electron chi connectivity index (χ1n) is 6.13. The van der Waals surface area contributed by atoms with E-state index in [1.54, 1.807) is 6.92 Å². The number of hydrogen-bond donors (Lipinski definition) is 1. The molecular formula is C13H15ClF7N. The monoisotopic (exact) mass is 353 g/mol. The Hall–Kier alpha value is -1.02. The Balaban J connectivity index is 0.00000441. The van der Waals surface area contributed by atoms with Crippen molar-refractivity contribution in [3.63, 3.8) is 0 Å². The highest BCUT2D eigenvalue weighted by molar-refractivity contribution is 5.85. The molecule has 0 spiro atoms. The van der Waals surface area contributed by atoms with Crippen molar-refractivity contribution in [2.75, 3.05) is 0 Å². The van der Waals surface area contributed by atoms with E-state index in [0.29, 0.717) is 6.42 Å². The Morgan fingerprint density at radius 1 is 1.05 bits per heavy atom. The maximum absolute atomic E-state index is 13.8. The number of rotatable bonds is 3. The summed E-state index contributed by atoms with van der Waals surface area (Å²) in [7, 11) is 0. The fraction of sp³-hybridized carbons (Fsp3) is 0.538. The molecule has 0 heterocycles. The predicted octanol–water partition coefficient (Wildman–Crippen LogP) is 5.33. The van der Waals surface area contributed by atoms with Gasteiger partial charge < -0.3 is 5.73 Å². The fourth-order valence-electron chi connectivity index (χ4n) is 1.89. The van der Waals surface area contributed by atoms with Crippen LogP contribution in [0.4, 0.5) is 30.7 Å². The average Bonchev–Trinajstić information content (AvgIpc) is 2.33. The third kappa shape index (κ3) is 4.49. The van der Waals surface area contributed by atoms with Gasteiger partial charge in [-0.25, -0.2) is 4.39 Å². The summed E-state index contributed by atoms with van der Waals surface area (Å²) >= 11 is 0. The van der Waals surface area contributed by atoms with E-state index >= 15 is 0 Å². The summed E-state index contributed by atoms with van der Waals surface area (Å²) in [5.41, 5.74) is 1.29. The zero-order valence-electron chi connectivity index (χ0n) is 11.6. The summed E-state index contributed by atoms with van der Waals surface area (Å²) in [6, 6.07) is -1.39. The van der Waals surface area contributed by atoms with E-state index in [1.165, 1.54) is 6.92 Å². The van der Waals surface area contributed by atoms with Crippen molar-refractivity contribution >= 4 is 12.4 Å². The number of nitrogens with two attached hydrogens (primary N) is 1. The van der Waals surface area contributed by atoms with Crippen LogP contribution in [-0.2, 0) is 12.4 Å². The van der Waals surface area contributed by atoms with Gasteiger partial charge >= 0.3 is 12.4 Å². The molecule has 1 aromatic carbocycles. The van der Waals surface area contributed by atoms with Gasteiger partial charge in [-0.3, -0.25) is 0 Å². The van der Waals surface area contributed by atoms with Crippen molar-refractivity contribution in [3.05, 3.63) is 34.6 Å². The molecule has 1 aromatic rings. The van der Waals surface area contributed by atoms with Crippen molar-refractivity contribution in [2.24, 2.45) is 11.7 Å². The van der Waals surface area contributed by atoms with Crippen molar-refractivity contribution in [2.45, 2.75) is 38.7 Å². The second-order valence-corrected chi connectivity index (χ2v) is 4.83. The first kappa shape index (κ1) is 21.0. The van der Waals surface area contributed by atoms with E-state index in [1.807, 2.05) is 0 Å². The Kier molecular flexibility index (Phi) is 6.71. The number of alkyl halides is 6. The third-order valence-corrected chi connectivity index (χ3v) is 3.35. The molecule has 0 radical (unpaired) electrons. The van der Waals surface area contributed by atoms with Crippen LogP contribution in [0, 0.1) is 11.7 Å². The predicted molar refractivity (Wildman–Crippen MR) is 70.0 cm³/mol. The second kappa shape index (κ2) is 7.04. The molecule has 1 nitrogen and oxygen atoms in total. The fourth-order valence-corrected chi connectivity index (χ4v) is 1.89. The van der Waals surface area contributed by atoms with Crippen LogP contribution in [0.25, 0.3) is 0 Å². The Labute approximate surface area is 129 Å². The summed E-state index contributed by atoms with van der Waals surface area (Å²) in [5.74, 6) is -2.11. The second-order valence-electron chi connectivity index (χ2n) is 4.83. The first-order valence-corrected chi connectivity index (χ1v) is 6.13. The molecule has 9 heteroatoms. The van der Waals surface area contributed by atoms with Crippen LogP contribution >= 0.6 is 12.4 Å². The Morgan fingerprint density at radius 3 is 1.91 bits per heavy atom. The highest BCUT2D eigenvalue weighted by Gasteiger charge is 2.41. The molecule has 0 fully saturated rings. The minimum Gasteiger partial charge on any atom is -0.324 e. The maximum atomic E-state index is 13.8. The van der Waals surface area contributed by atoms with Crippen LogP contribution in [0.15, 0.2) is 12.1 Å². The molecule has 0 aliphatic carbocycles. The van der Waals surface area contributed by atoms with Gasteiger partial charge in [0.1, 0.15) is 5.82 Å². The SMILES string of the molecule is CCC(C)[C@@H](N)c1c(F)cc(C(F)(F)F)cc1C(F)(F)F.Cl. The highest BCUT2D eigenvalue weighted by atomic mass is 35.5. The molecule has 2 N–H and O–H groups in total. The lowest BCUT2D eigenvalue weighted by Gasteiger charge is -2.24. The van der Waals surface area contributed by atoms with Crippen molar-refractivity contribution in [3.8, 4) is 0 Å². The van der Waals surface area contributed by atoms with Gasteiger partial charge in [-0.1, -0.05) is 20.3 Å². The molecule has 0 saturated carbocycles. The van der Waals surface area contributed by atoms with E-state index in [9.17, 15) is 30.7 Å². The lowest BCUT2D eigenvalue weighted by molar-refractivity contribution is -0.144. The van der Waals surface area contributed by atoms with E-state index in [4.69, 9.17) is 5.73 Å². The van der Waals surface area contributed by atoms with E-state index in [-0.39, 0.29) is 24.5 Å². The van der Waals surface area contributed by atoms with Crippen LogP contribution < -0.4 is 5.73 Å². The minimum absolute atomic E-state index is 0. The van der Waals surface area contributed by atoms with Gasteiger partial charge in [0, 0.05) is 11.6 Å². The van der Waals surface area contributed by atoms with Gasteiger partial charge in [-0.15, -0.1) is 12.4 Å². The van der Waals surface area contributed by atoms with Gasteiger partial charge in [0.2, 0.25) is 0 Å². The normalized spacial score (nSPS) is 15.2. The Bertz CT molecular complexity index is 510. The van der Waals surface area contributed by atoms with Crippen LogP contribution in [-0.4, -0.2) is 0 Å². The van der Waals surface area contributed by atoms with Crippen LogP contribution in [0.1, 0.15) is 43.0 Å². The Morgan fingerprint density at radius 2 is 1.55 bits per heavy atom. The number of hydrogen-bond acceptors (Lipinski definition) is 1. The highest BCUT2D eigenvalue weighted by Crippen LogP contribution is 2.41. The summed E-state index contributed by atoms with van der Waals surface area (Å²) in [5, 5.41) is 0. The molecule has 1 unspecified atom stereocenters. The van der Waals surface area contributed by atoms with Gasteiger partial charge in [-0.2, -0.15) is 26.3 Å². The van der Waals surface area contributed by atoms with E-state index < -0.39 is 46.8 Å². The zero-order valence-corrected chi connectivity index (χ0v) is 12.5. The molecule has 0 bridgehead atoms. The van der Waals surface area contributed by atoms with Gasteiger partial charge in [-0.05, 0) is 18.1 Å². The standard InChI is InChI=1S/C13H14F7N.ClH/c1-3-6(2)11(21)10-8(13(18,19)20)4-7(5-9(10)14)12(15,16)17;/h4-6,11H,3,21H2,1-2H3;1H/t6?,11-;/m1./s1. The van der Waals surface area contributed by atoms with E-state index in [2.05, 4.69) is 0 Å². The average molecular weight is 354 g/mol. The van der Waals surface area contributed by atoms with Crippen LogP contribution in [0.2, 0.25) is 0 Å². The molecular weight excluding hydrogens is 339 g/mol. The quantitative estimate of drug-likeness (QED) is 0.730. The van der Waals surface area contributed by atoms with Crippen LogP contribution in [0.3, 0.4) is 0 Å². The van der Waals surface area contributed by atoms with Gasteiger partial charge in [0.25, 0.3) is 0 Å². The maximum Gasteiger partial charge on any atom is 0.416 e. The zero-order chi connectivity index (χ0) is 16.6. The van der Waals surface area contributed by atoms with Crippen molar-refractivity contribution in [1.29, 1.82) is 0 Å². The number of halogens is 8. The largest absolute Gasteiger partial charge is 0.416 e. The van der Waals surface area contributed by atoms with Gasteiger partial charge in [0.15, 0.2) is 0 Å². The molecule has 22 heavy (non-hydrogen) atoms. The third-order valence-electron chi connectivity index (χ3n) is 3.35. The molecule has 2 atom stereocenters. The minimum atomic E-state index is -5.12. The van der Waals surface area contributed by atoms with Crippen molar-refractivity contribution < 1.29 is 30.7 Å². The molecule has 0 aromatic heterocycles. The molecule has 0 aliphatic rings. The van der Waals surface area contributed by atoms with E-state index in [0.717, 1.165) is 0 Å². The van der Waals surface area contributed by atoms with Crippen LogP contribution in [0.5, 0.6) is 0 Å². The molecule has 0 aliphatic heterocycles. The molecule has 128 valence electrons. The topological polar surface area (TPSA) is 26.0 Å². The lowest BCUT2D eigenvalue weighted by atomic mass is 9.88. The number of benzene rings is 1. The lowest BCUT2D eigenvalue weighted by Crippen LogP contribution is -2.25. The summed E-state index contributed by atoms with van der Waals surface area (Å²) in [6.07, 6.45) is -9.83. The molecule has 0 amide bonds. The smallest absolute Gasteiger partial charge is 0.324 e. The summed E-state index contributed by atoms with van der Waals surface area (Å²) < 4.78 is 90.2. The van der Waals surface area contributed by atoms with Crippen molar-refractivity contribution in [1.82, 2.24) is 0 Å².